The maximum atomic E-state index is 12.4. The summed E-state index contributed by atoms with van der Waals surface area (Å²) in [5.74, 6) is 0. The quantitative estimate of drug-likeness (QED) is 0.881. The van der Waals surface area contributed by atoms with Crippen LogP contribution in [0.5, 0.6) is 0 Å². The van der Waals surface area contributed by atoms with Crippen LogP contribution in [0.15, 0.2) is 41.8 Å². The van der Waals surface area contributed by atoms with Crippen LogP contribution in [0.4, 0.5) is 13.2 Å². The Morgan fingerprint density at radius 1 is 1.06 bits per heavy atom. The third-order valence-electron chi connectivity index (χ3n) is 2.45. The molecule has 0 aliphatic rings. The molecule has 0 radical (unpaired) electrons. The minimum absolute atomic E-state index is 0. The van der Waals surface area contributed by atoms with Gasteiger partial charge in [0.2, 0.25) is 0 Å². The van der Waals surface area contributed by atoms with E-state index in [9.17, 15) is 13.2 Å². The molecule has 1 aromatic carbocycles. The van der Waals surface area contributed by atoms with Crippen LogP contribution in [0.25, 0.3) is 0 Å². The minimum Gasteiger partial charge on any atom is -0.320 e. The molecule has 0 saturated heterocycles. The molecule has 2 rings (SSSR count). The average Bonchev–Trinajstić information content (AvgIpc) is 2.80. The van der Waals surface area contributed by atoms with E-state index in [0.717, 1.165) is 17.0 Å². The summed E-state index contributed by atoms with van der Waals surface area (Å²) in [5, 5.41) is 1.89. The number of alkyl halides is 3. The van der Waals surface area contributed by atoms with Crippen molar-refractivity contribution in [3.8, 4) is 0 Å². The van der Waals surface area contributed by atoms with E-state index in [1.807, 2.05) is 17.5 Å². The number of rotatable bonds is 2. The van der Waals surface area contributed by atoms with Gasteiger partial charge in [0.15, 0.2) is 0 Å². The zero-order chi connectivity index (χ0) is 12.5. The van der Waals surface area contributed by atoms with Gasteiger partial charge in [-0.05, 0) is 29.1 Å². The van der Waals surface area contributed by atoms with Gasteiger partial charge in [-0.15, -0.1) is 23.7 Å². The maximum absolute atomic E-state index is 12.4. The van der Waals surface area contributed by atoms with Crippen molar-refractivity contribution >= 4 is 23.7 Å². The highest BCUT2D eigenvalue weighted by Gasteiger charge is 2.30. The van der Waals surface area contributed by atoms with E-state index in [0.29, 0.717) is 5.56 Å². The molecule has 6 heteroatoms. The Balaban J connectivity index is 0.00000162. The first-order valence-electron chi connectivity index (χ1n) is 4.94. The van der Waals surface area contributed by atoms with E-state index in [-0.39, 0.29) is 18.4 Å². The number of benzene rings is 1. The molecule has 0 aliphatic heterocycles. The molecular weight excluding hydrogens is 283 g/mol. The van der Waals surface area contributed by atoms with E-state index < -0.39 is 11.7 Å². The third-order valence-corrected chi connectivity index (χ3v) is 3.40. The van der Waals surface area contributed by atoms with Gasteiger partial charge in [0.1, 0.15) is 0 Å². The van der Waals surface area contributed by atoms with Gasteiger partial charge in [-0.1, -0.05) is 18.2 Å². The normalized spacial score (nSPS) is 12.9. The first-order chi connectivity index (χ1) is 7.98. The highest BCUT2D eigenvalue weighted by molar-refractivity contribution is 7.10. The Hall–Kier alpha value is -1.04. The van der Waals surface area contributed by atoms with Crippen LogP contribution in [0.1, 0.15) is 22.0 Å². The van der Waals surface area contributed by atoms with Crippen LogP contribution < -0.4 is 5.73 Å². The zero-order valence-corrected chi connectivity index (χ0v) is 10.8. The molecule has 0 fully saturated rings. The fourth-order valence-electron chi connectivity index (χ4n) is 1.51. The van der Waals surface area contributed by atoms with E-state index in [1.165, 1.54) is 23.5 Å². The number of thiophene rings is 1. The summed E-state index contributed by atoms with van der Waals surface area (Å²) >= 11 is 1.49. The summed E-state index contributed by atoms with van der Waals surface area (Å²) in [6, 6.07) is 8.33. The van der Waals surface area contributed by atoms with Gasteiger partial charge in [0.05, 0.1) is 11.6 Å². The van der Waals surface area contributed by atoms with Gasteiger partial charge in [0, 0.05) is 4.88 Å². The number of hydrogen-bond acceptors (Lipinski definition) is 2. The lowest BCUT2D eigenvalue weighted by Crippen LogP contribution is -2.11. The SMILES string of the molecule is Cl.N[C@@H](c1ccc(C(F)(F)F)cc1)c1cccs1. The summed E-state index contributed by atoms with van der Waals surface area (Å²) in [7, 11) is 0. The third kappa shape index (κ3) is 3.25. The lowest BCUT2D eigenvalue weighted by Gasteiger charge is -2.12. The molecule has 1 atom stereocenters. The molecule has 98 valence electrons. The van der Waals surface area contributed by atoms with Gasteiger partial charge < -0.3 is 5.73 Å². The predicted octanol–water partition coefficient (Wildman–Crippen LogP) is 4.24. The van der Waals surface area contributed by atoms with E-state index in [2.05, 4.69) is 0 Å². The van der Waals surface area contributed by atoms with Crippen molar-refractivity contribution in [1.29, 1.82) is 0 Å². The molecule has 0 saturated carbocycles. The van der Waals surface area contributed by atoms with Gasteiger partial charge in [0.25, 0.3) is 0 Å². The van der Waals surface area contributed by atoms with Crippen molar-refractivity contribution in [3.63, 3.8) is 0 Å². The lowest BCUT2D eigenvalue weighted by atomic mass is 10.0. The number of halogens is 4. The average molecular weight is 294 g/mol. The summed E-state index contributed by atoms with van der Waals surface area (Å²) < 4.78 is 37.1. The maximum Gasteiger partial charge on any atom is 0.416 e. The van der Waals surface area contributed by atoms with Crippen molar-refractivity contribution in [2.75, 3.05) is 0 Å². The van der Waals surface area contributed by atoms with E-state index >= 15 is 0 Å². The number of nitrogens with two attached hydrogens (primary N) is 1. The second-order valence-electron chi connectivity index (χ2n) is 3.61. The van der Waals surface area contributed by atoms with Gasteiger partial charge in [-0.25, -0.2) is 0 Å². The molecule has 18 heavy (non-hydrogen) atoms. The van der Waals surface area contributed by atoms with Crippen molar-refractivity contribution in [2.45, 2.75) is 12.2 Å². The molecule has 0 amide bonds. The Morgan fingerprint density at radius 3 is 2.11 bits per heavy atom. The highest BCUT2D eigenvalue weighted by atomic mass is 35.5. The first-order valence-corrected chi connectivity index (χ1v) is 5.82. The van der Waals surface area contributed by atoms with E-state index in [1.54, 1.807) is 0 Å². The summed E-state index contributed by atoms with van der Waals surface area (Å²) in [5.41, 5.74) is 5.98. The monoisotopic (exact) mass is 293 g/mol. The van der Waals surface area contributed by atoms with Crippen LogP contribution in [-0.4, -0.2) is 0 Å². The van der Waals surface area contributed by atoms with Crippen molar-refractivity contribution in [3.05, 3.63) is 57.8 Å². The molecule has 0 unspecified atom stereocenters. The van der Waals surface area contributed by atoms with Crippen LogP contribution >= 0.6 is 23.7 Å². The Kier molecular flexibility index (Phi) is 4.78. The standard InChI is InChI=1S/C12H10F3NS.ClH/c13-12(14,15)9-5-3-8(4-6-9)11(16)10-2-1-7-17-10;/h1-7,11H,16H2;1H/t11-;/m0./s1. The largest absolute Gasteiger partial charge is 0.416 e. The Morgan fingerprint density at radius 2 is 1.67 bits per heavy atom. The molecule has 0 aliphatic carbocycles. The van der Waals surface area contributed by atoms with Gasteiger partial charge in [-0.3, -0.25) is 0 Å². The van der Waals surface area contributed by atoms with Crippen molar-refractivity contribution in [2.24, 2.45) is 5.73 Å². The molecule has 1 nitrogen and oxygen atoms in total. The molecule has 1 heterocycles. The predicted molar refractivity (Wildman–Crippen MR) is 69.0 cm³/mol. The molecule has 0 spiro atoms. The fourth-order valence-corrected chi connectivity index (χ4v) is 2.27. The van der Waals surface area contributed by atoms with Crippen LogP contribution in [0, 0.1) is 0 Å². The van der Waals surface area contributed by atoms with Crippen molar-refractivity contribution in [1.82, 2.24) is 0 Å². The van der Waals surface area contributed by atoms with Crippen molar-refractivity contribution < 1.29 is 13.2 Å². The molecular formula is C12H11ClF3NS. The first kappa shape index (κ1) is 15.0. The summed E-state index contributed by atoms with van der Waals surface area (Å²) in [4.78, 5) is 0.935. The van der Waals surface area contributed by atoms with Crippen LogP contribution in [0.3, 0.4) is 0 Å². The summed E-state index contributed by atoms with van der Waals surface area (Å²) in [6.07, 6.45) is -4.30. The molecule has 2 N–H and O–H groups in total. The minimum atomic E-state index is -4.30. The Bertz CT molecular complexity index is 479. The smallest absolute Gasteiger partial charge is 0.320 e. The second-order valence-corrected chi connectivity index (χ2v) is 4.59. The molecule has 0 bridgehead atoms. The van der Waals surface area contributed by atoms with Gasteiger partial charge >= 0.3 is 6.18 Å². The van der Waals surface area contributed by atoms with Gasteiger partial charge in [-0.2, -0.15) is 13.2 Å². The highest BCUT2D eigenvalue weighted by Crippen LogP contribution is 2.31. The topological polar surface area (TPSA) is 26.0 Å². The lowest BCUT2D eigenvalue weighted by molar-refractivity contribution is -0.137. The van der Waals surface area contributed by atoms with Crippen LogP contribution in [-0.2, 0) is 6.18 Å². The Labute approximate surface area is 113 Å². The zero-order valence-electron chi connectivity index (χ0n) is 9.15. The van der Waals surface area contributed by atoms with Crippen LogP contribution in [0.2, 0.25) is 0 Å². The fraction of sp³-hybridized carbons (Fsp3) is 0.167. The van der Waals surface area contributed by atoms with E-state index in [4.69, 9.17) is 5.73 Å². The molecule has 2 aromatic rings. The summed E-state index contributed by atoms with van der Waals surface area (Å²) in [6.45, 7) is 0. The second kappa shape index (κ2) is 5.73. The number of hydrogen-bond donors (Lipinski definition) is 1. The molecule has 1 aromatic heterocycles.